The summed E-state index contributed by atoms with van der Waals surface area (Å²) in [6.07, 6.45) is 9.18. The van der Waals surface area contributed by atoms with E-state index in [0.29, 0.717) is 72.3 Å². The Labute approximate surface area is 620 Å². The Bertz CT molecular complexity index is 4070. The number of benzene rings is 4. The SMILES string of the molecule is CC(C)(C)OC(=O)NCC1CC(CC(=O)c2cnc(-c3ccccc3)s2)C1.CC1CC(N)C1.CNC(=O)OC(C)(C)C.O=C(CC1CC(CNC(=O)C(F)(F)F)C1)c1cnc(-c2ccccc2)s1.O=C(O)c1cnc(-c2ccccc2)s1.[C-]#[N+]NCC1CC(NC(=O)c2cnc(-c3ccccc3)s2)C1. The molecule has 4 amide bonds. The fourth-order valence-corrected chi connectivity index (χ4v) is 14.5. The second kappa shape index (κ2) is 39.6. The molecule has 0 radical (unpaired) electrons. The number of aromatic nitrogens is 4. The number of thiazole rings is 4. The summed E-state index contributed by atoms with van der Waals surface area (Å²) >= 11 is 5.40. The zero-order valence-corrected chi connectivity index (χ0v) is 62.6. The lowest BCUT2D eigenvalue weighted by Crippen LogP contribution is -2.46. The molecule has 4 aliphatic carbocycles. The molecule has 0 atom stereocenters. The Morgan fingerprint density at radius 2 is 0.875 bits per heavy atom. The molecule has 0 bridgehead atoms. The van der Waals surface area contributed by atoms with Crippen molar-refractivity contribution in [3.63, 3.8) is 0 Å². The van der Waals surface area contributed by atoms with Crippen LogP contribution in [0.1, 0.15) is 151 Å². The van der Waals surface area contributed by atoms with Gasteiger partial charge in [0.05, 0.1) is 28.7 Å². The molecule has 104 heavy (non-hydrogen) atoms. The minimum absolute atomic E-state index is 0.000408. The predicted molar refractivity (Wildman–Crippen MR) is 401 cm³/mol. The molecule has 21 nitrogen and oxygen atoms in total. The number of Topliss-reactive ketones (excluding diaryl/α,β-unsaturated/α-hetero) is 2. The second-order valence-corrected chi connectivity index (χ2v) is 31.8. The minimum Gasteiger partial charge on any atom is -0.477 e. The summed E-state index contributed by atoms with van der Waals surface area (Å²) in [4.78, 5) is 103. The van der Waals surface area contributed by atoms with Gasteiger partial charge in [-0.2, -0.15) is 24.7 Å². The highest BCUT2D eigenvalue weighted by atomic mass is 32.1. The van der Waals surface area contributed by atoms with Crippen molar-refractivity contribution < 1.29 is 61.3 Å². The van der Waals surface area contributed by atoms with Gasteiger partial charge in [0.1, 0.15) is 41.0 Å². The fraction of sp³-hybridized carbons (Fsp3) is 0.421. The van der Waals surface area contributed by atoms with Gasteiger partial charge < -0.3 is 41.6 Å². The van der Waals surface area contributed by atoms with E-state index in [4.69, 9.17) is 26.9 Å². The van der Waals surface area contributed by atoms with E-state index in [1.165, 1.54) is 71.4 Å². The number of aromatic carboxylic acids is 1. The van der Waals surface area contributed by atoms with Gasteiger partial charge in [0.25, 0.3) is 5.91 Å². The highest BCUT2D eigenvalue weighted by molar-refractivity contribution is 7.18. The third kappa shape index (κ3) is 28.1. The number of amides is 4. The van der Waals surface area contributed by atoms with Crippen LogP contribution in [0.3, 0.4) is 0 Å². The molecular formula is C76H90F3N11O10S4. The summed E-state index contributed by atoms with van der Waals surface area (Å²) in [5, 5.41) is 22.1. The largest absolute Gasteiger partial charge is 0.477 e. The number of carbonyl (C=O) groups is 7. The number of ketones is 2. The quantitative estimate of drug-likeness (QED) is 0.0225. The molecule has 554 valence electrons. The normalized spacial score (nSPS) is 19.0. The van der Waals surface area contributed by atoms with Gasteiger partial charge in [-0.1, -0.05) is 128 Å². The summed E-state index contributed by atoms with van der Waals surface area (Å²) in [7, 11) is 1.54. The van der Waals surface area contributed by atoms with Gasteiger partial charge in [-0.05, 0) is 128 Å². The first kappa shape index (κ1) is 82.0. The molecule has 12 rings (SSSR count). The number of nitrogens with one attached hydrogen (secondary N) is 5. The molecule has 0 unspecified atom stereocenters. The maximum absolute atomic E-state index is 12.5. The second-order valence-electron chi connectivity index (χ2n) is 27.7. The molecule has 4 fully saturated rings. The van der Waals surface area contributed by atoms with Gasteiger partial charge in [-0.25, -0.2) is 34.3 Å². The maximum Gasteiger partial charge on any atom is 0.471 e. The van der Waals surface area contributed by atoms with Gasteiger partial charge in [-0.15, -0.1) is 50.8 Å². The average Bonchev–Trinajstić information content (AvgIpc) is 1.66. The number of hydrogen-bond acceptors (Lipinski definition) is 19. The third-order valence-corrected chi connectivity index (χ3v) is 20.7. The molecule has 4 aromatic heterocycles. The Morgan fingerprint density at radius 3 is 1.20 bits per heavy atom. The first-order valence-electron chi connectivity index (χ1n) is 34.1. The van der Waals surface area contributed by atoms with Crippen molar-refractivity contribution in [1.29, 1.82) is 0 Å². The summed E-state index contributed by atoms with van der Waals surface area (Å²) in [5.74, 6) is -0.340. The number of carboxylic acids is 1. The number of nitrogens with two attached hydrogens (primary N) is 1. The van der Waals surface area contributed by atoms with Crippen LogP contribution in [0.5, 0.6) is 0 Å². The van der Waals surface area contributed by atoms with Crippen molar-refractivity contribution in [2.45, 2.75) is 142 Å². The first-order valence-corrected chi connectivity index (χ1v) is 37.4. The van der Waals surface area contributed by atoms with Gasteiger partial charge in [0, 0.05) is 79.7 Å². The molecular weight excluding hydrogens is 1410 g/mol. The highest BCUT2D eigenvalue weighted by Crippen LogP contribution is 2.39. The van der Waals surface area contributed by atoms with Crippen LogP contribution in [0.2, 0.25) is 0 Å². The number of ether oxygens (including phenoxy) is 2. The zero-order chi connectivity index (χ0) is 75.6. The van der Waals surface area contributed by atoms with E-state index >= 15 is 0 Å². The highest BCUT2D eigenvalue weighted by Gasteiger charge is 2.40. The van der Waals surface area contributed by atoms with Crippen LogP contribution in [0.25, 0.3) is 47.2 Å². The molecule has 8 aromatic rings. The number of alkyl carbamates (subject to hydrolysis) is 2. The van der Waals surface area contributed by atoms with Crippen LogP contribution in [-0.2, 0) is 14.3 Å². The van der Waals surface area contributed by atoms with Crippen LogP contribution >= 0.6 is 45.3 Å². The molecule has 8 N–H and O–H groups in total. The Kier molecular flexibility index (Phi) is 31.2. The van der Waals surface area contributed by atoms with Crippen molar-refractivity contribution in [2.24, 2.45) is 41.2 Å². The van der Waals surface area contributed by atoms with Crippen molar-refractivity contribution in [3.05, 3.63) is 177 Å². The van der Waals surface area contributed by atoms with Gasteiger partial charge in [0.15, 0.2) is 11.6 Å². The number of rotatable bonds is 19. The lowest BCUT2D eigenvalue weighted by molar-refractivity contribution is -0.173. The van der Waals surface area contributed by atoms with Crippen LogP contribution in [0, 0.1) is 42.1 Å². The van der Waals surface area contributed by atoms with E-state index in [1.54, 1.807) is 18.6 Å². The third-order valence-electron chi connectivity index (χ3n) is 16.5. The van der Waals surface area contributed by atoms with Crippen LogP contribution in [0.15, 0.2) is 146 Å². The molecule has 4 aromatic carbocycles. The number of carbonyl (C=O) groups excluding carboxylic acids is 6. The minimum atomic E-state index is -4.85. The van der Waals surface area contributed by atoms with Crippen LogP contribution in [0.4, 0.5) is 22.8 Å². The molecule has 0 saturated heterocycles. The summed E-state index contributed by atoms with van der Waals surface area (Å²) in [6.45, 7) is 21.2. The Balaban J connectivity index is 0.000000184. The van der Waals surface area contributed by atoms with E-state index in [2.05, 4.69) is 53.2 Å². The monoisotopic (exact) mass is 1500 g/mol. The molecule has 0 aliphatic heterocycles. The first-order chi connectivity index (χ1) is 49.4. The molecule has 28 heteroatoms. The lowest BCUT2D eigenvalue weighted by Gasteiger charge is -2.35. The fourth-order valence-electron chi connectivity index (χ4n) is 11.2. The zero-order valence-electron chi connectivity index (χ0n) is 59.4. The number of halogens is 3. The van der Waals surface area contributed by atoms with Crippen molar-refractivity contribution in [2.75, 3.05) is 26.7 Å². The standard InChI is InChI=1S/C21H26N2O3S.C18H17F3N2O2S.C16H16N4OS.C10H7NO2S.C6H13NO2.C5H11N/c1-21(2,3)26-20(25)23-12-15-9-14(10-15)11-17(24)18-13-22-19(27-18)16-7-5-4-6-8-16;19-18(20,21)17(25)23-9-12-6-11(7-12)8-14(24)15-10-22-16(26-15)13-4-2-1-3-5-13;1-17-19-9-11-7-13(8-11)20-15(21)14-10-18-16(22-14)12-5-3-2-4-6-12;12-10(13)8-6-11-9(14-8)7-4-2-1-3-5-7;1-6(2,3)9-5(8)7-4;1-4-2-5(6)3-4/h4-8,13-15H,9-12H2,1-3H3,(H,23,25);1-5,10-12H,6-9H2,(H,23,25);2-6,10-11,13,19H,7-9H2,(H,20,21);1-6H,(H,12,13);1-4H3,(H,7,8);4-5H,2-3,6H2,1H3. The number of hydrogen-bond donors (Lipinski definition) is 7. The smallest absolute Gasteiger partial charge is 0.471 e. The average molecular weight is 1500 g/mol. The summed E-state index contributed by atoms with van der Waals surface area (Å²) in [6, 6.07) is 39.6. The van der Waals surface area contributed by atoms with Crippen molar-refractivity contribution >= 4 is 86.9 Å². The molecule has 4 heterocycles. The van der Waals surface area contributed by atoms with E-state index in [0.717, 1.165) is 78.8 Å². The number of alkyl halides is 3. The van der Waals surface area contributed by atoms with Gasteiger partial charge >= 0.3 is 30.2 Å². The molecule has 4 aliphatic rings. The van der Waals surface area contributed by atoms with E-state index in [-0.39, 0.29) is 64.6 Å². The van der Waals surface area contributed by atoms with E-state index in [1.807, 2.05) is 168 Å². The number of nitrogens with zero attached hydrogens (tertiary/aromatic N) is 5. The van der Waals surface area contributed by atoms with Crippen LogP contribution < -0.4 is 32.4 Å². The molecule has 0 spiro atoms. The van der Waals surface area contributed by atoms with Crippen LogP contribution in [-0.4, -0.2) is 123 Å². The molecule has 4 saturated carbocycles. The van der Waals surface area contributed by atoms with Crippen molar-refractivity contribution in [3.8, 4) is 42.3 Å². The van der Waals surface area contributed by atoms with Crippen molar-refractivity contribution in [1.82, 2.24) is 46.6 Å². The van der Waals surface area contributed by atoms with E-state index in [9.17, 15) is 46.7 Å². The topological polar surface area (TPSA) is 300 Å². The number of carboxylic acid groups (broad SMARTS) is 1. The van der Waals surface area contributed by atoms with Gasteiger partial charge in [-0.3, -0.25) is 19.2 Å². The Morgan fingerprint density at radius 1 is 0.519 bits per heavy atom. The predicted octanol–water partition coefficient (Wildman–Crippen LogP) is 16.2. The lowest BCUT2D eigenvalue weighted by atomic mass is 9.72. The van der Waals surface area contributed by atoms with E-state index < -0.39 is 23.7 Å². The van der Waals surface area contributed by atoms with Gasteiger partial charge in [0.2, 0.25) is 0 Å². The summed E-state index contributed by atoms with van der Waals surface area (Å²) in [5.41, 5.74) is 11.2. The maximum atomic E-state index is 12.5. The summed E-state index contributed by atoms with van der Waals surface area (Å²) < 4.78 is 46.4. The Hall–Kier alpha value is -9.27.